The molecule has 0 amide bonds. The second kappa shape index (κ2) is 7.50. The molecule has 2 aromatic rings. The highest BCUT2D eigenvalue weighted by atomic mass is 35.5. The Labute approximate surface area is 192 Å². The van der Waals surface area contributed by atoms with E-state index in [4.69, 9.17) is 41.2 Å². The van der Waals surface area contributed by atoms with Crippen LogP contribution in [0.5, 0.6) is 0 Å². The van der Waals surface area contributed by atoms with E-state index in [9.17, 15) is 10.1 Å². The van der Waals surface area contributed by atoms with Crippen molar-refractivity contribution in [1.82, 2.24) is 10.2 Å². The lowest BCUT2D eigenvalue weighted by atomic mass is 9.69. The first-order valence-electron chi connectivity index (χ1n) is 9.09. The first-order valence-corrected chi connectivity index (χ1v) is 11.1. The summed E-state index contributed by atoms with van der Waals surface area (Å²) in [6, 6.07) is 7.33. The fourth-order valence-corrected chi connectivity index (χ4v) is 5.29. The Hall–Kier alpha value is -2.18. The fourth-order valence-electron chi connectivity index (χ4n) is 4.07. The molecule has 10 heteroatoms. The highest BCUT2D eigenvalue weighted by Gasteiger charge is 2.45. The highest BCUT2D eigenvalue weighted by molar-refractivity contribution is 7.73. The van der Waals surface area contributed by atoms with Crippen molar-refractivity contribution in [1.29, 1.82) is 5.26 Å². The number of aromatic nitrogens is 2. The molecular formula is C20H17Cl2N5OS2. The molecule has 2 heterocycles. The molecule has 154 valence electrons. The minimum absolute atomic E-state index is 0.0262. The number of anilines is 1. The van der Waals surface area contributed by atoms with E-state index in [-0.39, 0.29) is 22.6 Å². The molecule has 0 saturated heterocycles. The zero-order valence-corrected chi connectivity index (χ0v) is 19.3. The number of nitrogens with two attached hydrogens (primary N) is 1. The van der Waals surface area contributed by atoms with Gasteiger partial charge < -0.3 is 5.73 Å². The third-order valence-electron chi connectivity index (χ3n) is 5.28. The van der Waals surface area contributed by atoms with Crippen molar-refractivity contribution in [2.75, 3.05) is 4.90 Å². The van der Waals surface area contributed by atoms with E-state index < -0.39 is 5.92 Å². The van der Waals surface area contributed by atoms with E-state index in [0.29, 0.717) is 43.1 Å². The number of nitrogens with one attached hydrogen (secondary N) is 1. The number of halogens is 2. The van der Waals surface area contributed by atoms with Gasteiger partial charge in [-0.25, -0.2) is 0 Å². The van der Waals surface area contributed by atoms with Crippen molar-refractivity contribution in [2.45, 2.75) is 32.6 Å². The van der Waals surface area contributed by atoms with Crippen LogP contribution in [0.25, 0.3) is 0 Å². The van der Waals surface area contributed by atoms with Crippen molar-refractivity contribution in [3.63, 3.8) is 0 Å². The first-order chi connectivity index (χ1) is 14.1. The molecule has 1 unspecified atom stereocenters. The number of nitriles is 1. The number of H-pyrrole nitrogens is 1. The minimum Gasteiger partial charge on any atom is -0.384 e. The maximum Gasteiger partial charge on any atom is 0.216 e. The van der Waals surface area contributed by atoms with Gasteiger partial charge in [0.05, 0.1) is 27.6 Å². The Morgan fingerprint density at radius 3 is 2.70 bits per heavy atom. The quantitative estimate of drug-likeness (QED) is 0.557. The number of carbonyl (C=O) groups excluding carboxylic acids is 1. The molecule has 1 aliphatic heterocycles. The zero-order valence-electron chi connectivity index (χ0n) is 16.1. The Balaban J connectivity index is 2.01. The Morgan fingerprint density at radius 1 is 1.37 bits per heavy atom. The molecule has 0 bridgehead atoms. The van der Waals surface area contributed by atoms with E-state index >= 15 is 0 Å². The molecule has 0 spiro atoms. The molecule has 2 aliphatic rings. The van der Waals surface area contributed by atoms with Crippen LogP contribution < -0.4 is 10.6 Å². The van der Waals surface area contributed by atoms with Crippen LogP contribution in [0.4, 0.5) is 5.13 Å². The third-order valence-corrected chi connectivity index (χ3v) is 7.09. The molecule has 1 aliphatic carbocycles. The van der Waals surface area contributed by atoms with Crippen LogP contribution in [0.15, 0.2) is 40.9 Å². The number of hydrogen-bond donors (Lipinski definition) is 2. The number of aromatic amines is 1. The molecule has 1 atom stereocenters. The number of rotatable bonds is 2. The normalized spacial score (nSPS) is 21.0. The van der Waals surface area contributed by atoms with Gasteiger partial charge >= 0.3 is 0 Å². The number of benzene rings is 1. The van der Waals surface area contributed by atoms with Crippen molar-refractivity contribution < 1.29 is 4.79 Å². The molecule has 0 radical (unpaired) electrons. The molecule has 0 saturated carbocycles. The lowest BCUT2D eigenvalue weighted by Crippen LogP contribution is -2.42. The van der Waals surface area contributed by atoms with Gasteiger partial charge in [-0.05, 0) is 41.7 Å². The lowest BCUT2D eigenvalue weighted by molar-refractivity contribution is -0.118. The van der Waals surface area contributed by atoms with Crippen LogP contribution in [0.2, 0.25) is 10.0 Å². The summed E-state index contributed by atoms with van der Waals surface area (Å²) in [6.45, 7) is 4.07. The molecule has 3 N–H and O–H groups in total. The summed E-state index contributed by atoms with van der Waals surface area (Å²) >= 11 is 18.8. The predicted molar refractivity (Wildman–Crippen MR) is 121 cm³/mol. The number of hydrogen-bond acceptors (Lipinski definition) is 7. The van der Waals surface area contributed by atoms with Crippen molar-refractivity contribution >= 4 is 57.7 Å². The second-order valence-corrected chi connectivity index (χ2v) is 10.5. The van der Waals surface area contributed by atoms with Crippen LogP contribution in [0.3, 0.4) is 0 Å². The standard InChI is InChI=1S/C20H17Cl2N5OS2/c1-20(2)6-13-16(14(28)7-20)15(9-3-4-11(21)12(22)5-9)10(8-23)17(24)27(13)18-25-26-19(29)30-18/h3-5,15H,6-7,24H2,1-2H3,(H,26,29). The maximum atomic E-state index is 13.4. The number of allylic oxidation sites excluding steroid dienone is 3. The van der Waals surface area contributed by atoms with Crippen LogP contribution in [-0.4, -0.2) is 16.0 Å². The molecule has 0 fully saturated rings. The van der Waals surface area contributed by atoms with Gasteiger partial charge in [0.2, 0.25) is 5.13 Å². The van der Waals surface area contributed by atoms with E-state index in [1.165, 1.54) is 11.3 Å². The maximum absolute atomic E-state index is 13.4. The summed E-state index contributed by atoms with van der Waals surface area (Å²) in [7, 11) is 0. The lowest BCUT2D eigenvalue weighted by Gasteiger charge is -2.42. The van der Waals surface area contributed by atoms with Gasteiger partial charge in [0.1, 0.15) is 5.82 Å². The predicted octanol–water partition coefficient (Wildman–Crippen LogP) is 5.45. The largest absolute Gasteiger partial charge is 0.384 e. The van der Waals surface area contributed by atoms with Gasteiger partial charge in [-0.1, -0.05) is 54.5 Å². The van der Waals surface area contributed by atoms with Crippen molar-refractivity contribution in [3.8, 4) is 6.07 Å². The summed E-state index contributed by atoms with van der Waals surface area (Å²) in [6.07, 6.45) is 0.962. The zero-order chi connectivity index (χ0) is 21.8. The van der Waals surface area contributed by atoms with Gasteiger partial charge in [0.15, 0.2) is 9.74 Å². The van der Waals surface area contributed by atoms with Gasteiger partial charge in [0, 0.05) is 17.7 Å². The molecule has 6 nitrogen and oxygen atoms in total. The van der Waals surface area contributed by atoms with E-state index in [1.807, 2.05) is 13.8 Å². The summed E-state index contributed by atoms with van der Waals surface area (Å²) in [5.74, 6) is -0.413. The number of nitrogens with zero attached hydrogens (tertiary/aromatic N) is 3. The smallest absolute Gasteiger partial charge is 0.216 e. The van der Waals surface area contributed by atoms with Crippen LogP contribution in [0.1, 0.15) is 38.2 Å². The van der Waals surface area contributed by atoms with E-state index in [2.05, 4.69) is 16.3 Å². The summed E-state index contributed by atoms with van der Waals surface area (Å²) in [5.41, 5.74) is 8.48. The van der Waals surface area contributed by atoms with Gasteiger partial charge in [0.25, 0.3) is 0 Å². The Kier molecular flexibility index (Phi) is 5.27. The first kappa shape index (κ1) is 21.1. The van der Waals surface area contributed by atoms with Gasteiger partial charge in [-0.2, -0.15) is 5.26 Å². The summed E-state index contributed by atoms with van der Waals surface area (Å²) in [4.78, 5) is 15.1. The topological polar surface area (TPSA) is 98.8 Å². The fraction of sp³-hybridized carbons (Fsp3) is 0.300. The molecule has 4 rings (SSSR count). The molecular weight excluding hydrogens is 461 g/mol. The third kappa shape index (κ3) is 3.46. The van der Waals surface area contributed by atoms with Crippen LogP contribution >= 0.6 is 46.8 Å². The van der Waals surface area contributed by atoms with E-state index in [0.717, 1.165) is 5.70 Å². The van der Waals surface area contributed by atoms with Gasteiger partial charge in [-0.15, -0.1) is 5.10 Å². The molecule has 1 aromatic heterocycles. The second-order valence-electron chi connectivity index (χ2n) is 8.05. The monoisotopic (exact) mass is 477 g/mol. The Bertz CT molecular complexity index is 1230. The number of carbonyl (C=O) groups is 1. The Morgan fingerprint density at radius 2 is 2.10 bits per heavy atom. The molecule has 30 heavy (non-hydrogen) atoms. The molecule has 1 aromatic carbocycles. The van der Waals surface area contributed by atoms with Crippen molar-refractivity contribution in [3.05, 3.63) is 60.4 Å². The number of Topliss-reactive ketones (excluding diaryl/α,β-unsaturated/α-hetero) is 1. The minimum atomic E-state index is -0.619. The summed E-state index contributed by atoms with van der Waals surface area (Å²) < 4.78 is 0.478. The van der Waals surface area contributed by atoms with Gasteiger partial charge in [-0.3, -0.25) is 14.8 Å². The highest BCUT2D eigenvalue weighted by Crippen LogP contribution is 2.50. The average Bonchev–Trinajstić information content (AvgIpc) is 3.08. The van der Waals surface area contributed by atoms with Crippen molar-refractivity contribution in [2.24, 2.45) is 11.1 Å². The SMILES string of the molecule is CC1(C)CC(=O)C2=C(C1)N(c1n[nH]c(=S)s1)C(N)=C(C#N)C2c1ccc(Cl)c(Cl)c1. The number of ketones is 1. The average molecular weight is 478 g/mol. The van der Waals surface area contributed by atoms with Crippen LogP contribution in [-0.2, 0) is 4.79 Å². The van der Waals surface area contributed by atoms with Crippen LogP contribution in [0, 0.1) is 20.7 Å². The summed E-state index contributed by atoms with van der Waals surface area (Å²) in [5, 5.41) is 18.3. The van der Waals surface area contributed by atoms with E-state index in [1.54, 1.807) is 23.1 Å².